The minimum atomic E-state index is -0.470. The van der Waals surface area contributed by atoms with Crippen LogP contribution in [0.2, 0.25) is 0 Å². The molecule has 0 unspecified atom stereocenters. The summed E-state index contributed by atoms with van der Waals surface area (Å²) >= 11 is 1.46. The molecule has 1 aromatic rings. The van der Waals surface area contributed by atoms with Gasteiger partial charge in [-0.15, -0.1) is 0 Å². The van der Waals surface area contributed by atoms with Crippen molar-refractivity contribution in [3.63, 3.8) is 0 Å². The number of fused-ring (bicyclic) bond motifs is 1. The van der Waals surface area contributed by atoms with E-state index >= 15 is 0 Å². The van der Waals surface area contributed by atoms with Crippen molar-refractivity contribution < 1.29 is 23.8 Å². The molecule has 9 heteroatoms. The third-order valence-corrected chi connectivity index (χ3v) is 6.82. The van der Waals surface area contributed by atoms with Crippen molar-refractivity contribution in [1.29, 1.82) is 0 Å². The number of ether oxygens (including phenoxy) is 3. The smallest absolute Gasteiger partial charge is 0.338 e. The summed E-state index contributed by atoms with van der Waals surface area (Å²) in [5.41, 5.74) is 2.81. The Balaban J connectivity index is 1.64. The van der Waals surface area contributed by atoms with E-state index in [4.69, 9.17) is 19.2 Å². The monoisotopic (exact) mass is 471 g/mol. The Morgan fingerprint density at radius 1 is 1.33 bits per heavy atom. The molecule has 1 amide bonds. The van der Waals surface area contributed by atoms with E-state index in [1.54, 1.807) is 7.11 Å². The summed E-state index contributed by atoms with van der Waals surface area (Å²) in [4.78, 5) is 32.4. The highest BCUT2D eigenvalue weighted by Crippen LogP contribution is 2.45. The second kappa shape index (κ2) is 10.4. The van der Waals surface area contributed by atoms with Gasteiger partial charge in [-0.05, 0) is 42.4 Å². The summed E-state index contributed by atoms with van der Waals surface area (Å²) < 4.78 is 16.2. The average Bonchev–Trinajstić information content (AvgIpc) is 3.51. The summed E-state index contributed by atoms with van der Waals surface area (Å²) in [6.45, 7) is 3.22. The normalized spacial score (nSPS) is 22.0. The first-order chi connectivity index (χ1) is 16.0. The molecule has 0 aliphatic carbocycles. The summed E-state index contributed by atoms with van der Waals surface area (Å²) in [6.07, 6.45) is 2.83. The molecule has 0 radical (unpaired) electrons. The third-order valence-electron chi connectivity index (χ3n) is 5.93. The fourth-order valence-corrected chi connectivity index (χ4v) is 5.24. The van der Waals surface area contributed by atoms with Crippen molar-refractivity contribution in [2.45, 2.75) is 44.8 Å². The Labute approximate surface area is 198 Å². The number of methoxy groups -OCH3 is 2. The number of amides is 1. The number of thioether (sulfide) groups is 1. The molecule has 1 fully saturated rings. The van der Waals surface area contributed by atoms with Crippen molar-refractivity contribution in [3.8, 4) is 5.75 Å². The second-order valence-corrected chi connectivity index (χ2v) is 8.83. The second-order valence-electron chi connectivity index (χ2n) is 7.99. The summed E-state index contributed by atoms with van der Waals surface area (Å²) in [5, 5.41) is 5.66. The molecule has 0 aromatic heterocycles. The molecule has 1 N–H and O–H groups in total. The van der Waals surface area contributed by atoms with Gasteiger partial charge >= 0.3 is 5.97 Å². The minimum Gasteiger partial charge on any atom is -0.497 e. The fourth-order valence-electron chi connectivity index (χ4n) is 4.30. The standard InChI is InChI=1S/C24H29N3O5S/c1-4-19-21(23(29)31-3)22(15-7-5-8-17(11-15)30-2)27-16(14-33-24(27)26-19)12-20(28)25-13-18-9-6-10-32-18/h5,7-8,11,14,18,22H,4,6,9-10,12-13H2,1-3H3,(H,25,28)/t18-,22-/m1/s1. The van der Waals surface area contributed by atoms with Crippen molar-refractivity contribution in [3.05, 3.63) is 52.2 Å². The number of carbonyl (C=O) groups excluding carboxylic acids is 2. The third kappa shape index (κ3) is 4.94. The molecule has 3 aliphatic heterocycles. The largest absolute Gasteiger partial charge is 0.497 e. The van der Waals surface area contributed by atoms with E-state index in [9.17, 15) is 9.59 Å². The molecule has 0 bridgehead atoms. The molecule has 2 atom stereocenters. The lowest BCUT2D eigenvalue weighted by molar-refractivity contribution is -0.136. The van der Waals surface area contributed by atoms with Crippen LogP contribution >= 0.6 is 11.8 Å². The van der Waals surface area contributed by atoms with Gasteiger partial charge in [-0.2, -0.15) is 0 Å². The lowest BCUT2D eigenvalue weighted by Gasteiger charge is -2.36. The highest BCUT2D eigenvalue weighted by Gasteiger charge is 2.41. The van der Waals surface area contributed by atoms with E-state index in [1.165, 1.54) is 18.9 Å². The van der Waals surface area contributed by atoms with E-state index in [0.717, 1.165) is 35.9 Å². The molecular weight excluding hydrogens is 442 g/mol. The number of amidine groups is 1. The Kier molecular flexibility index (Phi) is 7.39. The molecule has 0 spiro atoms. The Morgan fingerprint density at radius 3 is 2.88 bits per heavy atom. The first kappa shape index (κ1) is 23.4. The summed E-state index contributed by atoms with van der Waals surface area (Å²) in [5.74, 6) is 0.167. The van der Waals surface area contributed by atoms with Gasteiger partial charge < -0.3 is 24.4 Å². The van der Waals surface area contributed by atoms with Crippen LogP contribution in [-0.2, 0) is 19.1 Å². The van der Waals surface area contributed by atoms with Crippen LogP contribution in [0.15, 0.2) is 51.6 Å². The van der Waals surface area contributed by atoms with Crippen molar-refractivity contribution >= 4 is 28.8 Å². The lowest BCUT2D eigenvalue weighted by Crippen LogP contribution is -2.39. The van der Waals surface area contributed by atoms with Gasteiger partial charge in [0.15, 0.2) is 5.17 Å². The first-order valence-corrected chi connectivity index (χ1v) is 12.0. The molecule has 4 rings (SSSR count). The molecule has 3 heterocycles. The zero-order valence-electron chi connectivity index (χ0n) is 19.1. The zero-order chi connectivity index (χ0) is 23.4. The molecule has 33 heavy (non-hydrogen) atoms. The van der Waals surface area contributed by atoms with E-state index in [0.29, 0.717) is 30.0 Å². The van der Waals surface area contributed by atoms with Crippen LogP contribution in [0.5, 0.6) is 5.75 Å². The first-order valence-electron chi connectivity index (χ1n) is 11.1. The van der Waals surface area contributed by atoms with Crippen molar-refractivity contribution in [2.75, 3.05) is 27.4 Å². The van der Waals surface area contributed by atoms with Crippen molar-refractivity contribution in [1.82, 2.24) is 10.2 Å². The number of nitrogens with one attached hydrogen (secondary N) is 1. The topological polar surface area (TPSA) is 89.5 Å². The van der Waals surface area contributed by atoms with Gasteiger partial charge in [0.2, 0.25) is 5.91 Å². The van der Waals surface area contributed by atoms with E-state index < -0.39 is 12.0 Å². The van der Waals surface area contributed by atoms with Gasteiger partial charge in [-0.3, -0.25) is 4.79 Å². The highest BCUT2D eigenvalue weighted by atomic mass is 32.2. The number of allylic oxidation sites excluding steroid dienone is 1. The van der Waals surface area contributed by atoms with Gasteiger partial charge in [0.05, 0.1) is 44.1 Å². The number of carbonyl (C=O) groups is 2. The average molecular weight is 472 g/mol. The van der Waals surface area contributed by atoms with Gasteiger partial charge in [0, 0.05) is 18.8 Å². The van der Waals surface area contributed by atoms with Crippen LogP contribution < -0.4 is 10.1 Å². The zero-order valence-corrected chi connectivity index (χ0v) is 19.9. The van der Waals surface area contributed by atoms with Crippen LogP contribution in [0.4, 0.5) is 0 Å². The predicted octanol–water partition coefficient (Wildman–Crippen LogP) is 3.52. The maximum absolute atomic E-state index is 12.9. The van der Waals surface area contributed by atoms with Gasteiger partial charge in [0.1, 0.15) is 5.75 Å². The van der Waals surface area contributed by atoms with E-state index in [-0.39, 0.29) is 18.4 Å². The molecular formula is C24H29N3O5S. The van der Waals surface area contributed by atoms with E-state index in [2.05, 4.69) is 5.32 Å². The summed E-state index contributed by atoms with van der Waals surface area (Å²) in [6, 6.07) is 7.13. The Morgan fingerprint density at radius 2 is 2.18 bits per heavy atom. The Hall–Kier alpha value is -2.78. The number of esters is 1. The predicted molar refractivity (Wildman–Crippen MR) is 127 cm³/mol. The number of hydrogen-bond donors (Lipinski definition) is 1. The highest BCUT2D eigenvalue weighted by molar-refractivity contribution is 8.16. The maximum Gasteiger partial charge on any atom is 0.338 e. The fraction of sp³-hybridized carbons (Fsp3) is 0.458. The van der Waals surface area contributed by atoms with Crippen LogP contribution in [0.25, 0.3) is 0 Å². The van der Waals surface area contributed by atoms with E-state index in [1.807, 2.05) is 41.5 Å². The van der Waals surface area contributed by atoms with Crippen LogP contribution in [0.3, 0.4) is 0 Å². The summed E-state index contributed by atoms with van der Waals surface area (Å²) in [7, 11) is 2.98. The Bertz CT molecular complexity index is 1010. The molecule has 3 aliphatic rings. The van der Waals surface area contributed by atoms with Crippen LogP contribution in [0.1, 0.15) is 44.2 Å². The quantitative estimate of drug-likeness (QED) is 0.580. The molecule has 1 saturated heterocycles. The maximum atomic E-state index is 12.9. The number of benzene rings is 1. The SMILES string of the molecule is CCC1=C(C(=O)OC)[C@@H](c2cccc(OC)c2)N2C(CC(=O)NC[C@H]3CCCO3)=CSC2=N1. The number of rotatable bonds is 8. The van der Waals surface area contributed by atoms with Crippen molar-refractivity contribution in [2.24, 2.45) is 4.99 Å². The number of nitrogens with zero attached hydrogens (tertiary/aromatic N) is 2. The number of hydrogen-bond acceptors (Lipinski definition) is 8. The molecule has 1 aromatic carbocycles. The van der Waals surface area contributed by atoms with Gasteiger partial charge in [-0.1, -0.05) is 30.8 Å². The van der Waals surface area contributed by atoms with Gasteiger partial charge in [-0.25, -0.2) is 9.79 Å². The number of aliphatic imine (C=N–C) groups is 1. The molecule has 176 valence electrons. The molecule has 8 nitrogen and oxygen atoms in total. The molecule has 0 saturated carbocycles. The van der Waals surface area contributed by atoms with Crippen LogP contribution in [0, 0.1) is 0 Å². The minimum absolute atomic E-state index is 0.0819. The lowest BCUT2D eigenvalue weighted by atomic mass is 9.92. The van der Waals surface area contributed by atoms with Crippen LogP contribution in [-0.4, -0.2) is 55.4 Å². The van der Waals surface area contributed by atoms with Gasteiger partial charge in [0.25, 0.3) is 0 Å².